The molecule has 2 nitrogen and oxygen atoms in total. The van der Waals surface area contributed by atoms with Crippen molar-refractivity contribution in [1.29, 1.82) is 0 Å². The van der Waals surface area contributed by atoms with Gasteiger partial charge in [-0.25, -0.2) is 0 Å². The Balaban J connectivity index is 1.59. The number of anilines is 2. The van der Waals surface area contributed by atoms with E-state index in [-0.39, 0.29) is 6.42 Å². The number of rotatable bonds is 22. The summed E-state index contributed by atoms with van der Waals surface area (Å²) in [5, 5.41) is 7.16. The second kappa shape index (κ2) is 20.0. The van der Waals surface area contributed by atoms with Gasteiger partial charge in [0.15, 0.2) is 0 Å². The number of halogens is 3. The number of benzene rings is 2. The predicted octanol–water partition coefficient (Wildman–Crippen LogP) is 10.9. The number of hydrogen-bond donors (Lipinski definition) is 2. The molecule has 0 aliphatic rings. The van der Waals surface area contributed by atoms with Crippen molar-refractivity contribution < 1.29 is 13.2 Å². The van der Waals surface area contributed by atoms with E-state index in [0.717, 1.165) is 63.0 Å². The highest BCUT2D eigenvalue weighted by molar-refractivity contribution is 5.63. The fraction of sp³-hybridized carbons (Fsp3) is 0.636. The standard InChI is InChI=1S/C33H51F3N2/c1-2-3-4-5-6-10-13-18-27-37-28-29-22-24-31(25-23-29)38-32-21-16-15-20-30(32)19-14-11-8-7-9-12-17-26-33(34,35)36/h15-16,20-25,37-38H,2-14,17-19,26-28H2,1H3. The van der Waals surface area contributed by atoms with E-state index in [2.05, 4.69) is 66.1 Å². The van der Waals surface area contributed by atoms with Gasteiger partial charge in [-0.1, -0.05) is 114 Å². The molecule has 0 bridgehead atoms. The maximum atomic E-state index is 12.2. The van der Waals surface area contributed by atoms with E-state index in [9.17, 15) is 13.2 Å². The Labute approximate surface area is 230 Å². The molecule has 2 rings (SSSR count). The van der Waals surface area contributed by atoms with Crippen molar-refractivity contribution in [2.75, 3.05) is 11.9 Å². The van der Waals surface area contributed by atoms with E-state index in [1.807, 2.05) is 0 Å². The van der Waals surface area contributed by atoms with Crippen molar-refractivity contribution in [3.05, 3.63) is 59.7 Å². The highest BCUT2D eigenvalue weighted by Crippen LogP contribution is 2.25. The van der Waals surface area contributed by atoms with Crippen LogP contribution in [0.2, 0.25) is 0 Å². The molecule has 0 heterocycles. The first kappa shape index (κ1) is 32.2. The normalized spacial score (nSPS) is 11.7. The van der Waals surface area contributed by atoms with Crippen molar-refractivity contribution in [2.24, 2.45) is 0 Å². The number of hydrogen-bond acceptors (Lipinski definition) is 2. The molecule has 2 aromatic rings. The van der Waals surface area contributed by atoms with E-state index >= 15 is 0 Å². The van der Waals surface area contributed by atoms with Crippen LogP contribution in [0.15, 0.2) is 48.5 Å². The highest BCUT2D eigenvalue weighted by Gasteiger charge is 2.25. The molecule has 214 valence electrons. The molecule has 0 atom stereocenters. The highest BCUT2D eigenvalue weighted by atomic mass is 19.4. The lowest BCUT2D eigenvalue weighted by Gasteiger charge is -2.13. The summed E-state index contributed by atoms with van der Waals surface area (Å²) in [7, 11) is 0. The Morgan fingerprint density at radius 2 is 1.21 bits per heavy atom. The van der Waals surface area contributed by atoms with Crippen molar-refractivity contribution in [2.45, 2.75) is 129 Å². The molecule has 38 heavy (non-hydrogen) atoms. The van der Waals surface area contributed by atoms with Crippen LogP contribution >= 0.6 is 0 Å². The Bertz CT molecular complexity index is 833. The third kappa shape index (κ3) is 16.1. The first-order chi connectivity index (χ1) is 18.5. The van der Waals surface area contributed by atoms with E-state index < -0.39 is 12.6 Å². The number of aryl methyl sites for hydroxylation is 1. The van der Waals surface area contributed by atoms with Gasteiger partial charge in [0, 0.05) is 24.3 Å². The van der Waals surface area contributed by atoms with E-state index in [0.29, 0.717) is 6.42 Å². The van der Waals surface area contributed by atoms with E-state index in [1.54, 1.807) is 0 Å². The Hall–Kier alpha value is -2.01. The lowest BCUT2D eigenvalue weighted by atomic mass is 10.0. The van der Waals surface area contributed by atoms with Crippen LogP contribution < -0.4 is 10.6 Å². The first-order valence-corrected chi connectivity index (χ1v) is 15.2. The number of para-hydroxylation sites is 1. The van der Waals surface area contributed by atoms with Crippen LogP contribution in [-0.4, -0.2) is 12.7 Å². The molecule has 0 aromatic heterocycles. The van der Waals surface area contributed by atoms with Gasteiger partial charge < -0.3 is 10.6 Å². The minimum absolute atomic E-state index is 0.263. The average Bonchev–Trinajstić information content (AvgIpc) is 2.90. The lowest BCUT2D eigenvalue weighted by molar-refractivity contribution is -0.135. The first-order valence-electron chi connectivity index (χ1n) is 15.2. The fourth-order valence-corrected chi connectivity index (χ4v) is 4.86. The lowest BCUT2D eigenvalue weighted by Crippen LogP contribution is -2.14. The maximum Gasteiger partial charge on any atom is 0.389 e. The molecular weight excluding hydrogens is 481 g/mol. The van der Waals surface area contributed by atoms with Crippen molar-refractivity contribution >= 4 is 11.4 Å². The molecular formula is C33H51F3N2. The molecule has 5 heteroatoms. The zero-order valence-corrected chi connectivity index (χ0v) is 23.7. The average molecular weight is 533 g/mol. The summed E-state index contributed by atoms with van der Waals surface area (Å²) in [6.07, 6.45) is 13.4. The van der Waals surface area contributed by atoms with Gasteiger partial charge in [0.25, 0.3) is 0 Å². The summed E-state index contributed by atoms with van der Waals surface area (Å²) in [6.45, 7) is 4.26. The van der Waals surface area contributed by atoms with Crippen LogP contribution in [0.5, 0.6) is 0 Å². The van der Waals surface area contributed by atoms with Crippen LogP contribution in [0.25, 0.3) is 0 Å². The van der Waals surface area contributed by atoms with Gasteiger partial charge in [0.05, 0.1) is 0 Å². The molecule has 0 aliphatic heterocycles. The van der Waals surface area contributed by atoms with Gasteiger partial charge in [-0.3, -0.25) is 0 Å². The predicted molar refractivity (Wildman–Crippen MR) is 157 cm³/mol. The smallest absolute Gasteiger partial charge is 0.355 e. The van der Waals surface area contributed by atoms with Gasteiger partial charge in [0.2, 0.25) is 0 Å². The van der Waals surface area contributed by atoms with Crippen molar-refractivity contribution in [3.63, 3.8) is 0 Å². The molecule has 0 saturated carbocycles. The Morgan fingerprint density at radius 3 is 1.87 bits per heavy atom. The van der Waals surface area contributed by atoms with Crippen molar-refractivity contribution in [3.8, 4) is 0 Å². The quantitative estimate of drug-likeness (QED) is 0.147. The molecule has 0 fully saturated rings. The summed E-state index contributed by atoms with van der Waals surface area (Å²) in [5.74, 6) is 0. The van der Waals surface area contributed by atoms with Gasteiger partial charge in [-0.05, 0) is 61.6 Å². The largest absolute Gasteiger partial charge is 0.389 e. The van der Waals surface area contributed by atoms with E-state index in [4.69, 9.17) is 0 Å². The van der Waals surface area contributed by atoms with Crippen LogP contribution in [-0.2, 0) is 13.0 Å². The molecule has 0 radical (unpaired) electrons. The fourth-order valence-electron chi connectivity index (χ4n) is 4.86. The molecule has 0 aliphatic carbocycles. The summed E-state index contributed by atoms with van der Waals surface area (Å²) in [4.78, 5) is 0. The van der Waals surface area contributed by atoms with Crippen LogP contribution in [0.1, 0.15) is 121 Å². The molecule has 0 amide bonds. The topological polar surface area (TPSA) is 24.1 Å². The molecule has 2 N–H and O–H groups in total. The Kier molecular flexibility index (Phi) is 16.9. The summed E-state index contributed by atoms with van der Waals surface area (Å²) in [6, 6.07) is 17.2. The third-order valence-corrected chi connectivity index (χ3v) is 7.19. The van der Waals surface area contributed by atoms with Gasteiger partial charge in [-0.15, -0.1) is 0 Å². The van der Waals surface area contributed by atoms with Gasteiger partial charge in [0.1, 0.15) is 0 Å². The number of nitrogens with one attached hydrogen (secondary N) is 2. The SMILES string of the molecule is CCCCCCCCCCNCc1ccc(Nc2ccccc2CCCCCCCCCC(F)(F)F)cc1. The second-order valence-corrected chi connectivity index (χ2v) is 10.7. The summed E-state index contributed by atoms with van der Waals surface area (Å²) < 4.78 is 36.6. The van der Waals surface area contributed by atoms with Crippen LogP contribution in [0.4, 0.5) is 24.5 Å². The van der Waals surface area contributed by atoms with Crippen LogP contribution in [0.3, 0.4) is 0 Å². The summed E-state index contributed by atoms with van der Waals surface area (Å²) in [5.41, 5.74) is 4.87. The van der Waals surface area contributed by atoms with Gasteiger partial charge >= 0.3 is 6.18 Å². The monoisotopic (exact) mass is 532 g/mol. The molecule has 0 unspecified atom stereocenters. The zero-order valence-electron chi connectivity index (χ0n) is 23.7. The molecule has 0 spiro atoms. The van der Waals surface area contributed by atoms with Crippen LogP contribution in [0, 0.1) is 0 Å². The minimum atomic E-state index is -4.01. The number of unbranched alkanes of at least 4 members (excludes halogenated alkanes) is 13. The van der Waals surface area contributed by atoms with Gasteiger partial charge in [-0.2, -0.15) is 13.2 Å². The van der Waals surface area contributed by atoms with E-state index in [1.165, 1.54) is 62.5 Å². The Morgan fingerprint density at radius 1 is 0.632 bits per heavy atom. The van der Waals surface area contributed by atoms with Crippen molar-refractivity contribution in [1.82, 2.24) is 5.32 Å². The zero-order chi connectivity index (χ0) is 27.3. The third-order valence-electron chi connectivity index (χ3n) is 7.19. The maximum absolute atomic E-state index is 12.2. The minimum Gasteiger partial charge on any atom is -0.355 e. The second-order valence-electron chi connectivity index (χ2n) is 10.7. The number of alkyl halides is 3. The molecule has 0 saturated heterocycles. The summed E-state index contributed by atoms with van der Waals surface area (Å²) >= 11 is 0. The molecule has 2 aromatic carbocycles.